The highest BCUT2D eigenvalue weighted by Gasteiger charge is 2.63. The summed E-state index contributed by atoms with van der Waals surface area (Å²) in [5.41, 5.74) is 1.21. The number of rotatable bonds is 1. The fourth-order valence-electron chi connectivity index (χ4n) is 5.11. The summed E-state index contributed by atoms with van der Waals surface area (Å²) in [5.74, 6) is 1.24. The van der Waals surface area contributed by atoms with E-state index in [0.717, 1.165) is 6.42 Å². The number of carboxylic acid groups (broad SMARTS) is 1. The molecule has 3 rings (SSSR count). The molecule has 2 fully saturated rings. The van der Waals surface area contributed by atoms with Crippen molar-refractivity contribution in [2.24, 2.45) is 28.6 Å². The lowest BCUT2D eigenvalue weighted by Crippen LogP contribution is -2.29. The Labute approximate surface area is 103 Å². The monoisotopic (exact) mass is 234 g/mol. The van der Waals surface area contributed by atoms with Gasteiger partial charge in [-0.2, -0.15) is 0 Å². The van der Waals surface area contributed by atoms with Gasteiger partial charge in [0.25, 0.3) is 0 Å². The molecule has 0 aliphatic heterocycles. The first kappa shape index (κ1) is 11.3. The van der Waals surface area contributed by atoms with Crippen molar-refractivity contribution < 1.29 is 9.90 Å². The molecule has 2 nitrogen and oxygen atoms in total. The Morgan fingerprint density at radius 2 is 2.12 bits per heavy atom. The molecule has 0 amide bonds. The van der Waals surface area contributed by atoms with E-state index < -0.39 is 5.97 Å². The van der Waals surface area contributed by atoms with Crippen LogP contribution in [0.5, 0.6) is 0 Å². The van der Waals surface area contributed by atoms with Crippen molar-refractivity contribution in [3.8, 4) is 0 Å². The van der Waals surface area contributed by atoms with Crippen molar-refractivity contribution in [1.29, 1.82) is 0 Å². The van der Waals surface area contributed by atoms with Crippen molar-refractivity contribution >= 4 is 5.97 Å². The van der Waals surface area contributed by atoms with Crippen LogP contribution in [0.1, 0.15) is 46.5 Å². The van der Waals surface area contributed by atoms with Crippen LogP contribution in [0.4, 0.5) is 0 Å². The SMILES string of the molecule is C[C@@H]1CCC2C(C)(C)[C@H]3CC(C(=O)O)=C[C@]21C3. The summed E-state index contributed by atoms with van der Waals surface area (Å²) in [5, 5.41) is 9.31. The van der Waals surface area contributed by atoms with Crippen molar-refractivity contribution in [2.75, 3.05) is 0 Å². The Bertz CT molecular complexity index is 407. The second-order valence-corrected chi connectivity index (χ2v) is 7.04. The number of hydrogen-bond donors (Lipinski definition) is 1. The number of aliphatic carboxylic acids is 1. The lowest BCUT2D eigenvalue weighted by molar-refractivity contribution is -0.133. The number of allylic oxidation sites excluding steroid dienone is 1. The Balaban J connectivity index is 2.11. The van der Waals surface area contributed by atoms with Gasteiger partial charge in [-0.1, -0.05) is 26.8 Å². The molecule has 3 aliphatic rings. The molecule has 0 aromatic rings. The van der Waals surface area contributed by atoms with Gasteiger partial charge in [-0.25, -0.2) is 4.79 Å². The molecule has 2 heteroatoms. The minimum Gasteiger partial charge on any atom is -0.478 e. The summed E-state index contributed by atoms with van der Waals surface area (Å²) >= 11 is 0. The molecule has 1 spiro atoms. The van der Waals surface area contributed by atoms with Crippen molar-refractivity contribution in [2.45, 2.75) is 46.5 Å². The molecule has 0 aromatic heterocycles. The molecule has 0 aromatic carbocycles. The average Bonchev–Trinajstić information content (AvgIpc) is 2.62. The summed E-state index contributed by atoms with van der Waals surface area (Å²) in [4.78, 5) is 11.3. The number of hydrogen-bond acceptors (Lipinski definition) is 1. The molecule has 0 heterocycles. The third kappa shape index (κ3) is 1.24. The maximum Gasteiger partial charge on any atom is 0.331 e. The zero-order valence-electron chi connectivity index (χ0n) is 11.0. The largest absolute Gasteiger partial charge is 0.478 e. The van der Waals surface area contributed by atoms with Crippen molar-refractivity contribution in [1.82, 2.24) is 0 Å². The van der Waals surface area contributed by atoms with Gasteiger partial charge in [-0.15, -0.1) is 0 Å². The average molecular weight is 234 g/mol. The van der Waals surface area contributed by atoms with Gasteiger partial charge in [-0.3, -0.25) is 0 Å². The van der Waals surface area contributed by atoms with Gasteiger partial charge in [0.1, 0.15) is 0 Å². The zero-order chi connectivity index (χ0) is 12.4. The molecule has 1 N–H and O–H groups in total. The van der Waals surface area contributed by atoms with Gasteiger partial charge < -0.3 is 5.11 Å². The Morgan fingerprint density at radius 3 is 2.76 bits per heavy atom. The van der Waals surface area contributed by atoms with Gasteiger partial charge in [0.2, 0.25) is 0 Å². The highest BCUT2D eigenvalue weighted by atomic mass is 16.4. The van der Waals surface area contributed by atoms with Crippen LogP contribution < -0.4 is 0 Å². The van der Waals surface area contributed by atoms with E-state index in [-0.39, 0.29) is 5.41 Å². The minimum atomic E-state index is -0.690. The van der Waals surface area contributed by atoms with Crippen LogP contribution in [0, 0.1) is 28.6 Å². The van der Waals surface area contributed by atoms with Crippen LogP contribution in [-0.4, -0.2) is 11.1 Å². The van der Waals surface area contributed by atoms with E-state index >= 15 is 0 Å². The van der Waals surface area contributed by atoms with E-state index in [9.17, 15) is 9.90 Å². The van der Waals surface area contributed by atoms with E-state index in [2.05, 4.69) is 26.8 Å². The molecule has 0 saturated heterocycles. The summed E-state index contributed by atoms with van der Waals surface area (Å²) in [6, 6.07) is 0. The predicted molar refractivity (Wildman–Crippen MR) is 66.5 cm³/mol. The lowest BCUT2D eigenvalue weighted by Gasteiger charge is -2.35. The normalized spacial score (nSPS) is 46.5. The van der Waals surface area contributed by atoms with Crippen LogP contribution >= 0.6 is 0 Å². The van der Waals surface area contributed by atoms with Crippen LogP contribution in [0.25, 0.3) is 0 Å². The maximum absolute atomic E-state index is 11.3. The van der Waals surface area contributed by atoms with Gasteiger partial charge in [0.15, 0.2) is 0 Å². The number of carboxylic acids is 1. The molecule has 2 saturated carbocycles. The molecule has 2 bridgehead atoms. The first-order chi connectivity index (χ1) is 7.88. The van der Waals surface area contributed by atoms with Crippen LogP contribution in [0.2, 0.25) is 0 Å². The molecule has 4 atom stereocenters. The first-order valence-electron chi connectivity index (χ1n) is 6.83. The minimum absolute atomic E-state index is 0.208. The Morgan fingerprint density at radius 1 is 1.41 bits per heavy atom. The lowest BCUT2D eigenvalue weighted by atomic mass is 9.69. The molecule has 94 valence electrons. The van der Waals surface area contributed by atoms with Gasteiger partial charge in [0.05, 0.1) is 0 Å². The summed E-state index contributed by atoms with van der Waals surface area (Å²) < 4.78 is 0. The quantitative estimate of drug-likeness (QED) is 0.754. The molecule has 17 heavy (non-hydrogen) atoms. The van der Waals surface area contributed by atoms with E-state index in [4.69, 9.17) is 0 Å². The highest BCUT2D eigenvalue weighted by molar-refractivity contribution is 5.87. The summed E-state index contributed by atoms with van der Waals surface area (Å²) in [6.07, 6.45) is 6.72. The smallest absolute Gasteiger partial charge is 0.331 e. The van der Waals surface area contributed by atoms with Crippen molar-refractivity contribution in [3.63, 3.8) is 0 Å². The fourth-order valence-corrected chi connectivity index (χ4v) is 5.11. The standard InChI is InChI=1S/C15H22O2/c1-9-4-5-12-14(2,3)11-6-10(13(16)17)7-15(9,12)8-11/h7,9,11-12H,4-6,8H2,1-3H3,(H,16,17)/t9-,11+,12?,15-/m1/s1. The van der Waals surface area contributed by atoms with E-state index in [1.54, 1.807) is 0 Å². The van der Waals surface area contributed by atoms with E-state index in [0.29, 0.717) is 28.7 Å². The summed E-state index contributed by atoms with van der Waals surface area (Å²) in [7, 11) is 0. The Hall–Kier alpha value is -0.790. The number of carbonyl (C=O) groups is 1. The molecule has 1 unspecified atom stereocenters. The maximum atomic E-state index is 11.3. The van der Waals surface area contributed by atoms with Gasteiger partial charge in [0, 0.05) is 5.57 Å². The third-order valence-corrected chi connectivity index (χ3v) is 6.19. The van der Waals surface area contributed by atoms with Crippen LogP contribution in [0.15, 0.2) is 11.6 Å². The summed E-state index contributed by atoms with van der Waals surface area (Å²) in [6.45, 7) is 7.04. The Kier molecular flexibility index (Phi) is 2.10. The van der Waals surface area contributed by atoms with Crippen molar-refractivity contribution in [3.05, 3.63) is 11.6 Å². The molecule has 0 radical (unpaired) electrons. The number of fused-ring (bicyclic) bond motifs is 1. The predicted octanol–water partition coefficient (Wildman–Crippen LogP) is 3.48. The van der Waals surface area contributed by atoms with Gasteiger partial charge >= 0.3 is 5.97 Å². The second kappa shape index (κ2) is 3.15. The highest BCUT2D eigenvalue weighted by Crippen LogP contribution is 2.70. The molecule has 3 aliphatic carbocycles. The first-order valence-corrected chi connectivity index (χ1v) is 6.83. The van der Waals surface area contributed by atoms with E-state index in [1.165, 1.54) is 19.3 Å². The zero-order valence-corrected chi connectivity index (χ0v) is 11.0. The third-order valence-electron chi connectivity index (χ3n) is 6.19. The topological polar surface area (TPSA) is 37.3 Å². The van der Waals surface area contributed by atoms with Crippen LogP contribution in [0.3, 0.4) is 0 Å². The van der Waals surface area contributed by atoms with E-state index in [1.807, 2.05) is 0 Å². The second-order valence-electron chi connectivity index (χ2n) is 7.04. The fraction of sp³-hybridized carbons (Fsp3) is 0.800. The molecular weight excluding hydrogens is 212 g/mol. The van der Waals surface area contributed by atoms with Crippen LogP contribution in [-0.2, 0) is 4.79 Å². The van der Waals surface area contributed by atoms with Gasteiger partial charge in [-0.05, 0) is 54.3 Å². The molecular formula is C15H22O2.